The second kappa shape index (κ2) is 5.46. The van der Waals surface area contributed by atoms with E-state index in [0.29, 0.717) is 4.34 Å². The molecule has 0 aromatic carbocycles. The predicted octanol–water partition coefficient (Wildman–Crippen LogP) is 0.476. The quantitative estimate of drug-likeness (QED) is 0.730. The molecule has 0 fully saturated rings. The summed E-state index contributed by atoms with van der Waals surface area (Å²) < 4.78 is 25.0. The van der Waals surface area contributed by atoms with Crippen LogP contribution >= 0.6 is 23.1 Å². The molecule has 10 heteroatoms. The molecule has 1 aromatic rings. The minimum absolute atomic E-state index is 0.0514. The fourth-order valence-electron chi connectivity index (χ4n) is 0.638. The molecule has 2 N–H and O–H groups in total. The first-order valence-electron chi connectivity index (χ1n) is 4.11. The molecule has 0 unspecified atom stereocenters. The van der Waals surface area contributed by atoms with Crippen LogP contribution in [-0.2, 0) is 14.8 Å². The fourth-order valence-corrected chi connectivity index (χ4v) is 2.96. The number of carboxylic acids is 1. The van der Waals surface area contributed by atoms with Crippen molar-refractivity contribution >= 4 is 44.2 Å². The van der Waals surface area contributed by atoms with Crippen molar-refractivity contribution < 1.29 is 18.3 Å². The highest BCUT2D eigenvalue weighted by atomic mass is 32.2. The van der Waals surface area contributed by atoms with Crippen molar-refractivity contribution in [1.82, 2.24) is 10.2 Å². The maximum absolute atomic E-state index is 11.2. The third-order valence-corrected chi connectivity index (χ3v) is 4.70. The summed E-state index contributed by atoms with van der Waals surface area (Å²) in [5.74, 6) is -1.14. The number of hydrogen-bond donors (Lipinski definition) is 2. The maximum Gasteiger partial charge on any atom is 0.313 e. The van der Waals surface area contributed by atoms with Crippen LogP contribution < -0.4 is 4.72 Å². The Bertz CT molecular complexity index is 469. The molecular weight excluding hydrogens is 274 g/mol. The Balaban J connectivity index is 2.62. The molecule has 16 heavy (non-hydrogen) atoms. The van der Waals surface area contributed by atoms with Gasteiger partial charge in [0.05, 0.1) is 11.5 Å². The van der Waals surface area contributed by atoms with Gasteiger partial charge in [-0.1, -0.05) is 23.1 Å². The van der Waals surface area contributed by atoms with Crippen molar-refractivity contribution in [2.75, 3.05) is 16.2 Å². The molecule has 1 aromatic heterocycles. The number of nitrogens with one attached hydrogen (secondary N) is 1. The Morgan fingerprint density at radius 2 is 2.25 bits per heavy atom. The Morgan fingerprint density at radius 1 is 1.56 bits per heavy atom. The van der Waals surface area contributed by atoms with E-state index < -0.39 is 16.0 Å². The van der Waals surface area contributed by atoms with Gasteiger partial charge >= 0.3 is 5.97 Å². The summed E-state index contributed by atoms with van der Waals surface area (Å²) in [7, 11) is -3.36. The summed E-state index contributed by atoms with van der Waals surface area (Å²) in [6.45, 7) is 1.50. The van der Waals surface area contributed by atoms with Gasteiger partial charge in [0, 0.05) is 0 Å². The lowest BCUT2D eigenvalue weighted by atomic mass is 10.8. The van der Waals surface area contributed by atoms with Gasteiger partial charge in [0.2, 0.25) is 15.2 Å². The minimum Gasteiger partial charge on any atom is -0.481 e. The van der Waals surface area contributed by atoms with E-state index >= 15 is 0 Å². The van der Waals surface area contributed by atoms with Crippen molar-refractivity contribution in [1.29, 1.82) is 0 Å². The second-order valence-corrected chi connectivity index (χ2v) is 6.77. The highest BCUT2D eigenvalue weighted by Gasteiger charge is 2.12. The number of anilines is 1. The number of sulfonamides is 1. The molecule has 0 spiro atoms. The number of aromatic nitrogens is 2. The molecule has 0 atom stereocenters. The second-order valence-electron chi connectivity index (χ2n) is 2.56. The molecule has 0 bridgehead atoms. The average Bonchev–Trinajstić information content (AvgIpc) is 2.62. The highest BCUT2D eigenvalue weighted by molar-refractivity contribution is 8.01. The number of carbonyl (C=O) groups is 1. The third-order valence-electron chi connectivity index (χ3n) is 1.35. The largest absolute Gasteiger partial charge is 0.481 e. The van der Waals surface area contributed by atoms with E-state index in [-0.39, 0.29) is 16.6 Å². The molecule has 0 saturated carbocycles. The third kappa shape index (κ3) is 4.33. The SMILES string of the molecule is CCS(=O)(=O)Nc1nnc(SCC(=O)O)s1. The monoisotopic (exact) mass is 283 g/mol. The van der Waals surface area contributed by atoms with Crippen LogP contribution in [-0.4, -0.2) is 41.2 Å². The van der Waals surface area contributed by atoms with Gasteiger partial charge in [0.25, 0.3) is 0 Å². The zero-order valence-corrected chi connectivity index (χ0v) is 10.7. The molecule has 0 radical (unpaired) electrons. The van der Waals surface area contributed by atoms with Crippen molar-refractivity contribution in [2.45, 2.75) is 11.3 Å². The van der Waals surface area contributed by atoms with Gasteiger partial charge in [-0.3, -0.25) is 9.52 Å². The molecule has 0 aliphatic carbocycles. The molecule has 1 rings (SSSR count). The molecule has 1 heterocycles. The van der Waals surface area contributed by atoms with Crippen LogP contribution in [0.15, 0.2) is 4.34 Å². The molecule has 0 amide bonds. The van der Waals surface area contributed by atoms with E-state index in [1.54, 1.807) is 0 Å². The molecule has 0 aliphatic rings. The standard InChI is InChI=1S/C6H9N3O4S3/c1-2-16(12,13)9-5-7-8-6(15-5)14-3-4(10)11/h2-3H2,1H3,(H,7,9)(H,10,11). The van der Waals surface area contributed by atoms with Gasteiger partial charge in [0.1, 0.15) is 0 Å². The minimum atomic E-state index is -3.36. The van der Waals surface area contributed by atoms with E-state index in [0.717, 1.165) is 23.1 Å². The van der Waals surface area contributed by atoms with Gasteiger partial charge < -0.3 is 5.11 Å². The van der Waals surface area contributed by atoms with Crippen LogP contribution in [0.2, 0.25) is 0 Å². The summed E-state index contributed by atoms with van der Waals surface area (Å²) >= 11 is 2.00. The number of rotatable bonds is 6. The Labute approximate surface area is 100 Å². The molecule has 0 aliphatic heterocycles. The zero-order valence-electron chi connectivity index (χ0n) is 8.21. The van der Waals surface area contributed by atoms with Gasteiger partial charge in [-0.05, 0) is 6.92 Å². The fraction of sp³-hybridized carbons (Fsp3) is 0.500. The van der Waals surface area contributed by atoms with Crippen LogP contribution in [0, 0.1) is 0 Å². The van der Waals surface area contributed by atoms with E-state index in [9.17, 15) is 13.2 Å². The van der Waals surface area contributed by atoms with Crippen molar-refractivity contribution in [3.8, 4) is 0 Å². The van der Waals surface area contributed by atoms with Crippen molar-refractivity contribution in [3.05, 3.63) is 0 Å². The van der Waals surface area contributed by atoms with Gasteiger partial charge in [-0.15, -0.1) is 10.2 Å². The summed E-state index contributed by atoms with van der Waals surface area (Å²) in [5.41, 5.74) is 0. The number of nitrogens with zero attached hydrogens (tertiary/aromatic N) is 2. The van der Waals surface area contributed by atoms with Crippen molar-refractivity contribution in [3.63, 3.8) is 0 Å². The molecule has 90 valence electrons. The maximum atomic E-state index is 11.2. The van der Waals surface area contributed by atoms with Gasteiger partial charge in [0.15, 0.2) is 4.34 Å². The lowest BCUT2D eigenvalue weighted by Gasteiger charge is -1.98. The van der Waals surface area contributed by atoms with Crippen LogP contribution in [0.5, 0.6) is 0 Å². The first-order valence-corrected chi connectivity index (χ1v) is 7.57. The summed E-state index contributed by atoms with van der Waals surface area (Å²) in [4.78, 5) is 10.3. The van der Waals surface area contributed by atoms with Crippen LogP contribution in [0.3, 0.4) is 0 Å². The first-order chi connectivity index (χ1) is 7.43. The lowest BCUT2D eigenvalue weighted by Crippen LogP contribution is -2.14. The highest BCUT2D eigenvalue weighted by Crippen LogP contribution is 2.25. The number of thioether (sulfide) groups is 1. The summed E-state index contributed by atoms with van der Waals surface area (Å²) in [6.07, 6.45) is 0. The number of carboxylic acid groups (broad SMARTS) is 1. The average molecular weight is 283 g/mol. The predicted molar refractivity (Wildman–Crippen MR) is 61.4 cm³/mol. The van der Waals surface area contributed by atoms with Gasteiger partial charge in [-0.2, -0.15) is 0 Å². The van der Waals surface area contributed by atoms with Crippen LogP contribution in [0.4, 0.5) is 5.13 Å². The van der Waals surface area contributed by atoms with E-state index in [1.807, 2.05) is 0 Å². The topological polar surface area (TPSA) is 109 Å². The Morgan fingerprint density at radius 3 is 2.81 bits per heavy atom. The van der Waals surface area contributed by atoms with Crippen LogP contribution in [0.1, 0.15) is 6.92 Å². The summed E-state index contributed by atoms with van der Waals surface area (Å²) in [5, 5.41) is 15.8. The lowest BCUT2D eigenvalue weighted by molar-refractivity contribution is -0.133. The molecule has 0 saturated heterocycles. The Kier molecular flexibility index (Phi) is 4.50. The number of aliphatic carboxylic acids is 1. The zero-order chi connectivity index (χ0) is 12.2. The first kappa shape index (κ1) is 13.2. The van der Waals surface area contributed by atoms with Crippen LogP contribution in [0.25, 0.3) is 0 Å². The van der Waals surface area contributed by atoms with Gasteiger partial charge in [-0.25, -0.2) is 8.42 Å². The van der Waals surface area contributed by atoms with E-state index in [4.69, 9.17) is 5.11 Å². The molecule has 7 nitrogen and oxygen atoms in total. The normalized spacial score (nSPS) is 11.3. The number of hydrogen-bond acceptors (Lipinski definition) is 7. The Hall–Kier alpha value is -0.870. The molecular formula is C6H9N3O4S3. The van der Waals surface area contributed by atoms with E-state index in [1.165, 1.54) is 6.92 Å². The summed E-state index contributed by atoms with van der Waals surface area (Å²) in [6, 6.07) is 0. The smallest absolute Gasteiger partial charge is 0.313 e. The van der Waals surface area contributed by atoms with E-state index in [2.05, 4.69) is 14.9 Å². The van der Waals surface area contributed by atoms with Crippen molar-refractivity contribution in [2.24, 2.45) is 0 Å².